The van der Waals surface area contributed by atoms with Crippen LogP contribution in [0.3, 0.4) is 0 Å². The molecular formula is C18H19ClF2N2O. The third-order valence-corrected chi connectivity index (χ3v) is 4.19. The highest BCUT2D eigenvalue weighted by Gasteiger charge is 2.46. The molecule has 128 valence electrons. The number of nitrogen functional groups attached to an aromatic ring is 1. The van der Waals surface area contributed by atoms with Crippen molar-refractivity contribution in [2.24, 2.45) is 5.92 Å². The van der Waals surface area contributed by atoms with Crippen molar-refractivity contribution in [3.63, 3.8) is 0 Å². The zero-order valence-corrected chi connectivity index (χ0v) is 13.8. The third-order valence-electron chi connectivity index (χ3n) is 4.19. The van der Waals surface area contributed by atoms with E-state index in [1.807, 2.05) is 24.3 Å². The Morgan fingerprint density at radius 1 is 1.12 bits per heavy atom. The fourth-order valence-electron chi connectivity index (χ4n) is 2.81. The van der Waals surface area contributed by atoms with Crippen LogP contribution in [0.2, 0.25) is 0 Å². The molecule has 2 unspecified atom stereocenters. The molecule has 2 atom stereocenters. The summed E-state index contributed by atoms with van der Waals surface area (Å²) >= 11 is 0. The molecule has 2 aromatic carbocycles. The fourth-order valence-corrected chi connectivity index (χ4v) is 2.81. The number of benzene rings is 2. The van der Waals surface area contributed by atoms with Gasteiger partial charge in [-0.3, -0.25) is 4.79 Å². The maximum absolute atomic E-state index is 13.7. The fraction of sp³-hybridized carbons (Fsp3) is 0.278. The van der Waals surface area contributed by atoms with Crippen LogP contribution in [0.15, 0.2) is 42.5 Å². The first kappa shape index (κ1) is 18.2. The van der Waals surface area contributed by atoms with E-state index in [1.54, 1.807) is 0 Å². The summed E-state index contributed by atoms with van der Waals surface area (Å²) < 4.78 is 27.4. The molecule has 2 aromatic rings. The molecule has 1 amide bonds. The SMILES string of the molecule is Cl.Nc1ccc(CCNC(=O)C2CC2c2c(F)cccc2F)cc1. The number of anilines is 1. The number of hydrogen-bond donors (Lipinski definition) is 2. The molecule has 1 fully saturated rings. The van der Waals surface area contributed by atoms with Crippen molar-refractivity contribution >= 4 is 24.0 Å². The summed E-state index contributed by atoms with van der Waals surface area (Å²) in [6.45, 7) is 0.492. The molecule has 1 aliphatic rings. The van der Waals surface area contributed by atoms with Gasteiger partial charge in [-0.2, -0.15) is 0 Å². The van der Waals surface area contributed by atoms with Crippen LogP contribution < -0.4 is 11.1 Å². The van der Waals surface area contributed by atoms with Gasteiger partial charge < -0.3 is 11.1 Å². The van der Waals surface area contributed by atoms with Gasteiger partial charge in [-0.15, -0.1) is 12.4 Å². The minimum Gasteiger partial charge on any atom is -0.399 e. The number of hydrogen-bond acceptors (Lipinski definition) is 2. The van der Waals surface area contributed by atoms with Crippen molar-refractivity contribution in [1.29, 1.82) is 0 Å². The van der Waals surface area contributed by atoms with Crippen molar-refractivity contribution in [3.8, 4) is 0 Å². The zero-order valence-electron chi connectivity index (χ0n) is 13.0. The van der Waals surface area contributed by atoms with E-state index in [9.17, 15) is 13.6 Å². The molecule has 3 N–H and O–H groups in total. The maximum Gasteiger partial charge on any atom is 0.223 e. The summed E-state index contributed by atoms with van der Waals surface area (Å²) in [4.78, 5) is 12.1. The number of carbonyl (C=O) groups is 1. The normalized spacial score (nSPS) is 18.6. The predicted molar refractivity (Wildman–Crippen MR) is 92.0 cm³/mol. The van der Waals surface area contributed by atoms with Gasteiger partial charge in [0.05, 0.1) is 0 Å². The highest BCUT2D eigenvalue weighted by atomic mass is 35.5. The van der Waals surface area contributed by atoms with E-state index in [0.29, 0.717) is 25.1 Å². The summed E-state index contributed by atoms with van der Waals surface area (Å²) in [5.41, 5.74) is 7.42. The molecule has 6 heteroatoms. The quantitative estimate of drug-likeness (QED) is 0.810. The van der Waals surface area contributed by atoms with Crippen LogP contribution in [0.4, 0.5) is 14.5 Å². The van der Waals surface area contributed by atoms with Gasteiger partial charge in [0.15, 0.2) is 0 Å². The Labute approximate surface area is 145 Å². The van der Waals surface area contributed by atoms with E-state index < -0.39 is 11.6 Å². The van der Waals surface area contributed by atoms with Gasteiger partial charge in [-0.25, -0.2) is 8.78 Å². The molecule has 24 heavy (non-hydrogen) atoms. The maximum atomic E-state index is 13.7. The van der Waals surface area contributed by atoms with E-state index in [4.69, 9.17) is 5.73 Å². The second-order valence-corrected chi connectivity index (χ2v) is 5.87. The van der Waals surface area contributed by atoms with Gasteiger partial charge in [-0.1, -0.05) is 18.2 Å². The summed E-state index contributed by atoms with van der Waals surface area (Å²) in [6.07, 6.45) is 1.18. The van der Waals surface area contributed by atoms with Gasteiger partial charge in [0.25, 0.3) is 0 Å². The average molecular weight is 353 g/mol. The number of rotatable bonds is 5. The van der Waals surface area contributed by atoms with Crippen LogP contribution in [0.25, 0.3) is 0 Å². The zero-order chi connectivity index (χ0) is 16.4. The molecule has 0 radical (unpaired) electrons. The molecule has 0 heterocycles. The minimum atomic E-state index is -0.577. The lowest BCUT2D eigenvalue weighted by Crippen LogP contribution is -2.27. The van der Waals surface area contributed by atoms with E-state index >= 15 is 0 Å². The van der Waals surface area contributed by atoms with Crippen molar-refractivity contribution < 1.29 is 13.6 Å². The number of halogens is 3. The molecule has 0 aliphatic heterocycles. The lowest BCUT2D eigenvalue weighted by molar-refractivity contribution is -0.122. The standard InChI is InChI=1S/C18H18F2N2O.ClH/c19-15-2-1-3-16(20)17(15)13-10-14(13)18(23)22-9-8-11-4-6-12(21)7-5-11;/h1-7,13-14H,8-10,21H2,(H,22,23);1H. The molecule has 3 rings (SSSR count). The lowest BCUT2D eigenvalue weighted by atomic mass is 10.1. The molecule has 0 saturated heterocycles. The number of nitrogens with one attached hydrogen (secondary N) is 1. The topological polar surface area (TPSA) is 55.1 Å². The highest BCUT2D eigenvalue weighted by Crippen LogP contribution is 2.49. The first-order valence-electron chi connectivity index (χ1n) is 7.62. The summed E-state index contributed by atoms with van der Waals surface area (Å²) in [6, 6.07) is 11.2. The molecule has 1 saturated carbocycles. The van der Waals surface area contributed by atoms with Crippen LogP contribution in [0.1, 0.15) is 23.5 Å². The van der Waals surface area contributed by atoms with Crippen molar-refractivity contribution in [2.75, 3.05) is 12.3 Å². The Hall–Kier alpha value is -2.14. The average Bonchev–Trinajstić information content (AvgIpc) is 3.29. The molecular weight excluding hydrogens is 334 g/mol. The predicted octanol–water partition coefficient (Wildman–Crippen LogP) is 3.43. The van der Waals surface area contributed by atoms with Crippen molar-refractivity contribution in [2.45, 2.75) is 18.8 Å². The van der Waals surface area contributed by atoms with Gasteiger partial charge in [0, 0.05) is 29.6 Å². The Bertz CT molecular complexity index is 701. The monoisotopic (exact) mass is 352 g/mol. The molecule has 0 spiro atoms. The second kappa shape index (κ2) is 7.62. The molecule has 0 aromatic heterocycles. The Balaban J connectivity index is 0.00000208. The first-order chi connectivity index (χ1) is 11.1. The number of carbonyl (C=O) groups excluding carboxylic acids is 1. The van der Waals surface area contributed by atoms with Gasteiger partial charge >= 0.3 is 0 Å². The van der Waals surface area contributed by atoms with E-state index in [2.05, 4.69) is 5.32 Å². The van der Waals surface area contributed by atoms with Crippen molar-refractivity contribution in [3.05, 3.63) is 65.2 Å². The van der Waals surface area contributed by atoms with Gasteiger partial charge in [0.1, 0.15) is 11.6 Å². The highest BCUT2D eigenvalue weighted by molar-refractivity contribution is 5.85. The Kier molecular flexibility index (Phi) is 5.78. The number of nitrogens with two attached hydrogens (primary N) is 1. The largest absolute Gasteiger partial charge is 0.399 e. The minimum absolute atomic E-state index is 0. The molecule has 1 aliphatic carbocycles. The second-order valence-electron chi connectivity index (χ2n) is 5.87. The Morgan fingerprint density at radius 3 is 2.38 bits per heavy atom. The van der Waals surface area contributed by atoms with Crippen LogP contribution in [0, 0.1) is 17.6 Å². The van der Waals surface area contributed by atoms with E-state index in [0.717, 1.165) is 5.56 Å². The summed E-state index contributed by atoms with van der Waals surface area (Å²) in [7, 11) is 0. The summed E-state index contributed by atoms with van der Waals surface area (Å²) in [5.74, 6) is -1.99. The Morgan fingerprint density at radius 2 is 1.75 bits per heavy atom. The summed E-state index contributed by atoms with van der Waals surface area (Å²) in [5, 5.41) is 2.83. The van der Waals surface area contributed by atoms with Crippen LogP contribution in [0.5, 0.6) is 0 Å². The van der Waals surface area contributed by atoms with Crippen LogP contribution in [-0.2, 0) is 11.2 Å². The van der Waals surface area contributed by atoms with E-state index in [1.165, 1.54) is 18.2 Å². The lowest BCUT2D eigenvalue weighted by Gasteiger charge is -2.07. The van der Waals surface area contributed by atoms with Gasteiger partial charge in [0.2, 0.25) is 5.91 Å². The van der Waals surface area contributed by atoms with Crippen LogP contribution in [-0.4, -0.2) is 12.5 Å². The van der Waals surface area contributed by atoms with Crippen molar-refractivity contribution in [1.82, 2.24) is 5.32 Å². The smallest absolute Gasteiger partial charge is 0.223 e. The van der Waals surface area contributed by atoms with E-state index in [-0.39, 0.29) is 35.7 Å². The number of amides is 1. The first-order valence-corrected chi connectivity index (χ1v) is 7.62. The van der Waals surface area contributed by atoms with Gasteiger partial charge in [-0.05, 0) is 42.7 Å². The molecule has 0 bridgehead atoms. The van der Waals surface area contributed by atoms with Crippen LogP contribution >= 0.6 is 12.4 Å². The third kappa shape index (κ3) is 4.03. The molecule has 3 nitrogen and oxygen atoms in total.